The molecule has 3 nitrogen and oxygen atoms in total. The highest BCUT2D eigenvalue weighted by atomic mass is 16.6. The monoisotopic (exact) mass is 206 g/mol. The van der Waals surface area contributed by atoms with Crippen LogP contribution >= 0.6 is 0 Å². The van der Waals surface area contributed by atoms with Gasteiger partial charge in [0.05, 0.1) is 0 Å². The second kappa shape index (κ2) is 3.57. The van der Waals surface area contributed by atoms with Crippen LogP contribution in [0.4, 0.5) is 0 Å². The SMILES string of the molecule is CC(C)(C=O)c1ccc2c(c1)OCCO2. The van der Waals surface area contributed by atoms with E-state index in [0.717, 1.165) is 23.3 Å². The first-order valence-electron chi connectivity index (χ1n) is 5.00. The van der Waals surface area contributed by atoms with E-state index in [2.05, 4.69) is 0 Å². The lowest BCUT2D eigenvalue weighted by Gasteiger charge is -2.22. The van der Waals surface area contributed by atoms with E-state index >= 15 is 0 Å². The van der Waals surface area contributed by atoms with Gasteiger partial charge in [0.15, 0.2) is 11.5 Å². The Bertz CT molecular complexity index is 382. The Hall–Kier alpha value is -1.51. The first-order valence-corrected chi connectivity index (χ1v) is 5.00. The molecule has 0 amide bonds. The fourth-order valence-corrected chi connectivity index (χ4v) is 1.51. The van der Waals surface area contributed by atoms with Gasteiger partial charge in [-0.05, 0) is 31.5 Å². The molecule has 1 aromatic rings. The lowest BCUT2D eigenvalue weighted by molar-refractivity contribution is -0.111. The molecule has 0 radical (unpaired) electrons. The van der Waals surface area contributed by atoms with E-state index in [4.69, 9.17) is 9.47 Å². The molecular weight excluding hydrogens is 192 g/mol. The molecule has 0 saturated carbocycles. The highest BCUT2D eigenvalue weighted by Crippen LogP contribution is 2.34. The van der Waals surface area contributed by atoms with Crippen molar-refractivity contribution in [2.75, 3.05) is 13.2 Å². The smallest absolute Gasteiger partial charge is 0.161 e. The van der Waals surface area contributed by atoms with Crippen molar-refractivity contribution in [3.05, 3.63) is 23.8 Å². The van der Waals surface area contributed by atoms with E-state index in [9.17, 15) is 4.79 Å². The van der Waals surface area contributed by atoms with Crippen LogP contribution in [0.1, 0.15) is 19.4 Å². The average Bonchev–Trinajstić information content (AvgIpc) is 2.28. The molecule has 0 bridgehead atoms. The number of fused-ring (bicyclic) bond motifs is 1. The largest absolute Gasteiger partial charge is 0.486 e. The van der Waals surface area contributed by atoms with E-state index in [0.29, 0.717) is 13.2 Å². The molecule has 1 aliphatic rings. The van der Waals surface area contributed by atoms with Crippen LogP contribution in [-0.4, -0.2) is 19.5 Å². The number of ether oxygens (including phenoxy) is 2. The molecule has 3 heteroatoms. The van der Waals surface area contributed by atoms with Gasteiger partial charge in [0, 0.05) is 5.41 Å². The Labute approximate surface area is 89.0 Å². The molecule has 0 aliphatic carbocycles. The Balaban J connectivity index is 2.40. The molecule has 0 atom stereocenters. The van der Waals surface area contributed by atoms with Gasteiger partial charge in [0.2, 0.25) is 0 Å². The lowest BCUT2D eigenvalue weighted by Crippen LogP contribution is -2.20. The molecule has 1 aliphatic heterocycles. The van der Waals surface area contributed by atoms with Crippen molar-refractivity contribution < 1.29 is 14.3 Å². The number of hydrogen-bond acceptors (Lipinski definition) is 3. The maximum atomic E-state index is 10.9. The number of carbonyl (C=O) groups excluding carboxylic acids is 1. The average molecular weight is 206 g/mol. The molecule has 0 aromatic heterocycles. The van der Waals surface area contributed by atoms with Crippen LogP contribution in [0.2, 0.25) is 0 Å². The Kier molecular flexibility index (Phi) is 2.39. The maximum absolute atomic E-state index is 10.9. The van der Waals surface area contributed by atoms with Gasteiger partial charge in [0.25, 0.3) is 0 Å². The second-order valence-corrected chi connectivity index (χ2v) is 4.20. The summed E-state index contributed by atoms with van der Waals surface area (Å²) in [6.45, 7) is 4.91. The fourth-order valence-electron chi connectivity index (χ4n) is 1.51. The highest BCUT2D eigenvalue weighted by molar-refractivity contribution is 5.68. The van der Waals surface area contributed by atoms with Crippen LogP contribution in [0.5, 0.6) is 11.5 Å². The maximum Gasteiger partial charge on any atom is 0.161 e. The summed E-state index contributed by atoms with van der Waals surface area (Å²) in [5.74, 6) is 1.49. The van der Waals surface area contributed by atoms with Gasteiger partial charge < -0.3 is 14.3 Å². The minimum atomic E-state index is -0.476. The standard InChI is InChI=1S/C12H14O3/c1-12(2,8-13)9-3-4-10-11(7-9)15-6-5-14-10/h3-4,7-8H,5-6H2,1-2H3. The van der Waals surface area contributed by atoms with Crippen molar-refractivity contribution in [1.82, 2.24) is 0 Å². The lowest BCUT2D eigenvalue weighted by atomic mass is 9.86. The van der Waals surface area contributed by atoms with Crippen molar-refractivity contribution in [3.8, 4) is 11.5 Å². The molecular formula is C12H14O3. The van der Waals surface area contributed by atoms with Gasteiger partial charge in [0.1, 0.15) is 19.5 Å². The normalized spacial score (nSPS) is 14.8. The summed E-state index contributed by atoms with van der Waals surface area (Å²) < 4.78 is 10.9. The minimum Gasteiger partial charge on any atom is -0.486 e. The molecule has 2 rings (SSSR count). The zero-order chi connectivity index (χ0) is 10.9. The van der Waals surface area contributed by atoms with Crippen molar-refractivity contribution in [2.45, 2.75) is 19.3 Å². The van der Waals surface area contributed by atoms with E-state index in [1.54, 1.807) is 0 Å². The van der Waals surface area contributed by atoms with Crippen molar-refractivity contribution in [1.29, 1.82) is 0 Å². The molecule has 0 unspecified atom stereocenters. The van der Waals surface area contributed by atoms with Crippen LogP contribution < -0.4 is 9.47 Å². The third-order valence-electron chi connectivity index (χ3n) is 2.58. The van der Waals surface area contributed by atoms with Crippen LogP contribution in [0, 0.1) is 0 Å². The van der Waals surface area contributed by atoms with Crippen LogP contribution in [0.15, 0.2) is 18.2 Å². The van der Waals surface area contributed by atoms with Gasteiger partial charge in [-0.2, -0.15) is 0 Å². The number of carbonyl (C=O) groups is 1. The second-order valence-electron chi connectivity index (χ2n) is 4.20. The first kappa shape index (κ1) is 10.0. The summed E-state index contributed by atoms with van der Waals surface area (Å²) in [5, 5.41) is 0. The Morgan fingerprint density at radius 1 is 1.20 bits per heavy atom. The number of hydrogen-bond donors (Lipinski definition) is 0. The van der Waals surface area contributed by atoms with E-state index < -0.39 is 5.41 Å². The van der Waals surface area contributed by atoms with Gasteiger partial charge in [-0.3, -0.25) is 0 Å². The molecule has 0 fully saturated rings. The Morgan fingerprint density at radius 3 is 2.53 bits per heavy atom. The molecule has 1 heterocycles. The van der Waals surface area contributed by atoms with E-state index in [-0.39, 0.29) is 0 Å². The minimum absolute atomic E-state index is 0.476. The van der Waals surface area contributed by atoms with Gasteiger partial charge in [-0.15, -0.1) is 0 Å². The quantitative estimate of drug-likeness (QED) is 0.694. The molecule has 80 valence electrons. The number of rotatable bonds is 2. The summed E-state index contributed by atoms with van der Waals surface area (Å²) in [5.41, 5.74) is 0.470. The molecule has 0 N–H and O–H groups in total. The fraction of sp³-hybridized carbons (Fsp3) is 0.417. The molecule has 0 saturated heterocycles. The topological polar surface area (TPSA) is 35.5 Å². The summed E-state index contributed by atoms with van der Waals surface area (Å²) in [6.07, 6.45) is 0.943. The third kappa shape index (κ3) is 1.82. The Morgan fingerprint density at radius 2 is 1.87 bits per heavy atom. The number of benzene rings is 1. The van der Waals surface area contributed by atoms with Gasteiger partial charge in [-0.25, -0.2) is 0 Å². The molecule has 1 aromatic carbocycles. The summed E-state index contributed by atoms with van der Waals surface area (Å²) in [6, 6.07) is 5.64. The van der Waals surface area contributed by atoms with Gasteiger partial charge >= 0.3 is 0 Å². The molecule has 15 heavy (non-hydrogen) atoms. The zero-order valence-electron chi connectivity index (χ0n) is 8.95. The summed E-state index contributed by atoms with van der Waals surface area (Å²) in [7, 11) is 0. The van der Waals surface area contributed by atoms with Gasteiger partial charge in [-0.1, -0.05) is 6.07 Å². The van der Waals surface area contributed by atoms with Crippen LogP contribution in [0.25, 0.3) is 0 Å². The van der Waals surface area contributed by atoms with E-state index in [1.807, 2.05) is 32.0 Å². The summed E-state index contributed by atoms with van der Waals surface area (Å²) >= 11 is 0. The highest BCUT2D eigenvalue weighted by Gasteiger charge is 2.22. The molecule has 0 spiro atoms. The first-order chi connectivity index (χ1) is 7.13. The van der Waals surface area contributed by atoms with Crippen LogP contribution in [0.3, 0.4) is 0 Å². The van der Waals surface area contributed by atoms with Crippen LogP contribution in [-0.2, 0) is 10.2 Å². The number of aldehydes is 1. The third-order valence-corrected chi connectivity index (χ3v) is 2.58. The predicted molar refractivity (Wildman–Crippen MR) is 56.5 cm³/mol. The summed E-state index contributed by atoms with van der Waals surface area (Å²) in [4.78, 5) is 10.9. The predicted octanol–water partition coefficient (Wildman–Crippen LogP) is 1.93. The van der Waals surface area contributed by atoms with Crippen molar-refractivity contribution in [2.24, 2.45) is 0 Å². The van der Waals surface area contributed by atoms with E-state index in [1.165, 1.54) is 0 Å². The zero-order valence-corrected chi connectivity index (χ0v) is 8.95. The van der Waals surface area contributed by atoms with Crippen molar-refractivity contribution in [3.63, 3.8) is 0 Å². The van der Waals surface area contributed by atoms with Crippen molar-refractivity contribution >= 4 is 6.29 Å².